The van der Waals surface area contributed by atoms with E-state index >= 15 is 0 Å². The summed E-state index contributed by atoms with van der Waals surface area (Å²) in [5.74, 6) is 0.761. The number of carbonyl (C=O) groups excluding carboxylic acids is 1. The van der Waals surface area contributed by atoms with Crippen LogP contribution in [-0.2, 0) is 0 Å². The topological polar surface area (TPSA) is 75.7 Å². The summed E-state index contributed by atoms with van der Waals surface area (Å²) in [4.78, 5) is 19.2. The number of piperidine rings is 1. The molecular formula is C18H20BrN5O2. The Morgan fingerprint density at radius 3 is 2.88 bits per heavy atom. The van der Waals surface area contributed by atoms with E-state index in [0.717, 1.165) is 23.3 Å². The normalized spacial score (nSPS) is 16.7. The van der Waals surface area contributed by atoms with Gasteiger partial charge in [0.15, 0.2) is 5.65 Å². The Morgan fingerprint density at radius 2 is 2.12 bits per heavy atom. The van der Waals surface area contributed by atoms with Gasteiger partial charge in [-0.25, -0.2) is 9.50 Å². The van der Waals surface area contributed by atoms with Crippen LogP contribution < -0.4 is 5.32 Å². The van der Waals surface area contributed by atoms with E-state index in [0.29, 0.717) is 12.2 Å². The van der Waals surface area contributed by atoms with Crippen LogP contribution in [0.15, 0.2) is 45.6 Å². The van der Waals surface area contributed by atoms with E-state index in [1.807, 2.05) is 24.3 Å². The van der Waals surface area contributed by atoms with Crippen molar-refractivity contribution in [2.45, 2.75) is 25.3 Å². The Balaban J connectivity index is 1.48. The van der Waals surface area contributed by atoms with Crippen LogP contribution in [0.2, 0.25) is 0 Å². The van der Waals surface area contributed by atoms with Crippen LogP contribution in [0.4, 0.5) is 0 Å². The first kappa shape index (κ1) is 17.2. The minimum Gasteiger partial charge on any atom is -0.468 e. The van der Waals surface area contributed by atoms with Gasteiger partial charge in [0.2, 0.25) is 5.82 Å². The lowest BCUT2D eigenvalue weighted by Gasteiger charge is -2.33. The number of pyridine rings is 1. The predicted molar refractivity (Wildman–Crippen MR) is 99.9 cm³/mol. The summed E-state index contributed by atoms with van der Waals surface area (Å²) >= 11 is 3.39. The number of carbonyl (C=O) groups is 1. The molecule has 3 aromatic rings. The average molecular weight is 418 g/mol. The molecule has 7 nitrogen and oxygen atoms in total. The number of fused-ring (bicyclic) bond motifs is 1. The molecule has 0 bridgehead atoms. The summed E-state index contributed by atoms with van der Waals surface area (Å²) in [6.45, 7) is 2.50. The van der Waals surface area contributed by atoms with Crippen LogP contribution in [0, 0.1) is 0 Å². The molecule has 26 heavy (non-hydrogen) atoms. The van der Waals surface area contributed by atoms with E-state index in [2.05, 4.69) is 36.2 Å². The van der Waals surface area contributed by atoms with Crippen LogP contribution in [0.25, 0.3) is 5.65 Å². The van der Waals surface area contributed by atoms with Gasteiger partial charge in [-0.3, -0.25) is 9.69 Å². The number of hydrogen-bond donors (Lipinski definition) is 1. The number of amides is 1. The molecule has 1 aliphatic rings. The molecule has 4 rings (SSSR count). The second-order valence-electron chi connectivity index (χ2n) is 6.42. The van der Waals surface area contributed by atoms with Gasteiger partial charge in [-0.2, -0.15) is 0 Å². The molecule has 1 unspecified atom stereocenters. The summed E-state index contributed by atoms with van der Waals surface area (Å²) in [6.07, 6.45) is 7.06. The highest BCUT2D eigenvalue weighted by atomic mass is 79.9. The zero-order valence-electron chi connectivity index (χ0n) is 14.3. The first-order chi connectivity index (χ1) is 12.7. The highest BCUT2D eigenvalue weighted by molar-refractivity contribution is 9.10. The van der Waals surface area contributed by atoms with Crippen molar-refractivity contribution in [1.29, 1.82) is 0 Å². The van der Waals surface area contributed by atoms with Crippen LogP contribution in [0.1, 0.15) is 41.7 Å². The van der Waals surface area contributed by atoms with Gasteiger partial charge < -0.3 is 9.73 Å². The Bertz CT molecular complexity index is 886. The molecule has 1 saturated heterocycles. The lowest BCUT2D eigenvalue weighted by atomic mass is 10.1. The first-order valence-corrected chi connectivity index (χ1v) is 9.57. The second kappa shape index (κ2) is 7.59. The maximum absolute atomic E-state index is 12.5. The van der Waals surface area contributed by atoms with Crippen molar-refractivity contribution in [3.63, 3.8) is 0 Å². The van der Waals surface area contributed by atoms with Crippen molar-refractivity contribution in [3.05, 3.63) is 52.8 Å². The maximum Gasteiger partial charge on any atom is 0.291 e. The number of nitrogens with zero attached hydrogens (tertiary/aromatic N) is 4. The molecule has 0 aliphatic carbocycles. The van der Waals surface area contributed by atoms with Crippen molar-refractivity contribution in [3.8, 4) is 0 Å². The fourth-order valence-corrected chi connectivity index (χ4v) is 3.67. The zero-order valence-corrected chi connectivity index (χ0v) is 15.9. The van der Waals surface area contributed by atoms with Crippen LogP contribution in [-0.4, -0.2) is 45.0 Å². The second-order valence-corrected chi connectivity index (χ2v) is 7.34. The van der Waals surface area contributed by atoms with Gasteiger partial charge in [0.25, 0.3) is 5.91 Å². The van der Waals surface area contributed by atoms with Crippen LogP contribution in [0.3, 0.4) is 0 Å². The Labute approximate surface area is 159 Å². The van der Waals surface area contributed by atoms with E-state index in [1.54, 1.807) is 17.0 Å². The van der Waals surface area contributed by atoms with E-state index in [9.17, 15) is 4.79 Å². The van der Waals surface area contributed by atoms with E-state index in [-0.39, 0.29) is 17.8 Å². The molecule has 1 aliphatic heterocycles. The molecule has 8 heteroatoms. The van der Waals surface area contributed by atoms with E-state index in [4.69, 9.17) is 4.42 Å². The van der Waals surface area contributed by atoms with Gasteiger partial charge in [-0.05, 0) is 66.1 Å². The van der Waals surface area contributed by atoms with Gasteiger partial charge in [0.05, 0.1) is 12.3 Å². The molecule has 1 N–H and O–H groups in total. The van der Waals surface area contributed by atoms with Gasteiger partial charge in [-0.15, -0.1) is 5.10 Å². The molecule has 0 saturated carbocycles. The summed E-state index contributed by atoms with van der Waals surface area (Å²) in [5.41, 5.74) is 0.636. The fourth-order valence-electron chi connectivity index (χ4n) is 3.34. The van der Waals surface area contributed by atoms with Crippen LogP contribution >= 0.6 is 15.9 Å². The highest BCUT2D eigenvalue weighted by Crippen LogP contribution is 2.24. The van der Waals surface area contributed by atoms with E-state index < -0.39 is 0 Å². The minimum atomic E-state index is -0.279. The van der Waals surface area contributed by atoms with Gasteiger partial charge in [0, 0.05) is 17.2 Å². The third-order valence-corrected chi connectivity index (χ3v) is 5.13. The molecule has 1 atom stereocenters. The average Bonchev–Trinajstić information content (AvgIpc) is 3.32. The molecule has 4 heterocycles. The number of aromatic nitrogens is 3. The monoisotopic (exact) mass is 417 g/mol. The van der Waals surface area contributed by atoms with Crippen molar-refractivity contribution < 1.29 is 9.21 Å². The molecule has 0 radical (unpaired) electrons. The maximum atomic E-state index is 12.5. The molecule has 136 valence electrons. The molecular weight excluding hydrogens is 398 g/mol. The number of furan rings is 1. The minimum absolute atomic E-state index is 0.0282. The van der Waals surface area contributed by atoms with Crippen LogP contribution in [0.5, 0.6) is 0 Å². The summed E-state index contributed by atoms with van der Waals surface area (Å²) < 4.78 is 8.08. The Morgan fingerprint density at radius 1 is 1.27 bits per heavy atom. The first-order valence-electron chi connectivity index (χ1n) is 8.78. The number of rotatable bonds is 5. The highest BCUT2D eigenvalue weighted by Gasteiger charge is 2.25. The summed E-state index contributed by atoms with van der Waals surface area (Å²) in [6, 6.07) is 7.56. The summed E-state index contributed by atoms with van der Waals surface area (Å²) in [7, 11) is 0. The number of nitrogens with one attached hydrogen (secondary N) is 1. The van der Waals surface area contributed by atoms with Crippen molar-refractivity contribution >= 4 is 27.5 Å². The quantitative estimate of drug-likeness (QED) is 0.690. The number of hydrogen-bond acceptors (Lipinski definition) is 5. The van der Waals surface area contributed by atoms with E-state index in [1.165, 1.54) is 19.3 Å². The number of halogens is 1. The molecule has 3 aromatic heterocycles. The predicted octanol–water partition coefficient (Wildman–Crippen LogP) is 3.04. The number of likely N-dealkylation sites (tertiary alicyclic amines) is 1. The Kier molecular flexibility index (Phi) is 5.03. The zero-order chi connectivity index (χ0) is 17.9. The van der Waals surface area contributed by atoms with Crippen molar-refractivity contribution in [2.24, 2.45) is 0 Å². The van der Waals surface area contributed by atoms with Gasteiger partial charge in [0.1, 0.15) is 5.76 Å². The fraction of sp³-hybridized carbons (Fsp3) is 0.389. The molecule has 0 aromatic carbocycles. The molecule has 1 amide bonds. The standard InChI is InChI=1S/C18H20BrN5O2/c19-13-6-7-16-21-17(22-24(16)12-13)18(25)20-11-14(15-5-4-10-26-15)23-8-2-1-3-9-23/h4-7,10,12,14H,1-3,8-9,11H2,(H,20,25). The summed E-state index contributed by atoms with van der Waals surface area (Å²) in [5, 5.41) is 7.22. The third kappa shape index (κ3) is 3.66. The molecule has 0 spiro atoms. The smallest absolute Gasteiger partial charge is 0.291 e. The lowest BCUT2D eigenvalue weighted by Crippen LogP contribution is -2.40. The van der Waals surface area contributed by atoms with Gasteiger partial charge >= 0.3 is 0 Å². The molecule has 1 fully saturated rings. The third-order valence-electron chi connectivity index (χ3n) is 4.66. The SMILES string of the molecule is O=C(NCC(c1ccco1)N1CCCCC1)c1nc2ccc(Br)cn2n1. The lowest BCUT2D eigenvalue weighted by molar-refractivity contribution is 0.0904. The largest absolute Gasteiger partial charge is 0.468 e. The Hall–Kier alpha value is -2.19. The van der Waals surface area contributed by atoms with Crippen molar-refractivity contribution in [1.82, 2.24) is 24.8 Å². The van der Waals surface area contributed by atoms with Crippen molar-refractivity contribution in [2.75, 3.05) is 19.6 Å². The van der Waals surface area contributed by atoms with Gasteiger partial charge in [-0.1, -0.05) is 6.42 Å².